The van der Waals surface area contributed by atoms with Crippen molar-refractivity contribution in [3.05, 3.63) is 20.8 Å². The largest absolute Gasteiger partial charge is 0.377 e. The van der Waals surface area contributed by atoms with Crippen LogP contribution in [0.3, 0.4) is 0 Å². The van der Waals surface area contributed by atoms with Gasteiger partial charge in [-0.25, -0.2) is 0 Å². The molecule has 4 heteroatoms. The summed E-state index contributed by atoms with van der Waals surface area (Å²) in [5, 5.41) is 0. The van der Waals surface area contributed by atoms with E-state index < -0.39 is 0 Å². The van der Waals surface area contributed by atoms with Gasteiger partial charge in [0.25, 0.3) is 0 Å². The number of hydrogen-bond donors (Lipinski definition) is 0. The number of thiophene rings is 1. The Bertz CT molecular complexity index is 342. The quantitative estimate of drug-likeness (QED) is 0.816. The van der Waals surface area contributed by atoms with E-state index in [0.29, 0.717) is 6.10 Å². The van der Waals surface area contributed by atoms with Crippen LogP contribution in [0.15, 0.2) is 15.9 Å². The highest BCUT2D eigenvalue weighted by atomic mass is 79.9. The molecule has 0 bridgehead atoms. The summed E-state index contributed by atoms with van der Waals surface area (Å²) in [4.78, 5) is 3.95. The minimum atomic E-state index is 0.451. The van der Waals surface area contributed by atoms with E-state index in [0.717, 1.165) is 26.1 Å². The molecule has 1 unspecified atom stereocenters. The third kappa shape index (κ3) is 4.36. The van der Waals surface area contributed by atoms with Gasteiger partial charge in [0.15, 0.2) is 0 Å². The van der Waals surface area contributed by atoms with E-state index in [-0.39, 0.29) is 0 Å². The zero-order valence-electron chi connectivity index (χ0n) is 10.3. The van der Waals surface area contributed by atoms with E-state index in [9.17, 15) is 0 Å². The van der Waals surface area contributed by atoms with Gasteiger partial charge in [0.05, 0.1) is 9.89 Å². The van der Waals surface area contributed by atoms with Crippen molar-refractivity contribution in [3.8, 4) is 0 Å². The highest BCUT2D eigenvalue weighted by molar-refractivity contribution is 9.11. The summed E-state index contributed by atoms with van der Waals surface area (Å²) in [6, 6.07) is 4.35. The SMILES string of the molecule is CCCOC1CCCN(Cc2ccc(Br)s2)C1. The molecule has 96 valence electrons. The van der Waals surface area contributed by atoms with E-state index >= 15 is 0 Å². The van der Waals surface area contributed by atoms with Crippen molar-refractivity contribution in [3.63, 3.8) is 0 Å². The van der Waals surface area contributed by atoms with Crippen LogP contribution in [0.1, 0.15) is 31.1 Å². The fourth-order valence-corrected chi connectivity index (χ4v) is 3.76. The predicted molar refractivity (Wildman–Crippen MR) is 76.6 cm³/mol. The topological polar surface area (TPSA) is 12.5 Å². The lowest BCUT2D eigenvalue weighted by Crippen LogP contribution is -2.39. The Balaban J connectivity index is 1.80. The summed E-state index contributed by atoms with van der Waals surface area (Å²) in [6.45, 7) is 6.45. The zero-order chi connectivity index (χ0) is 12.1. The summed E-state index contributed by atoms with van der Waals surface area (Å²) in [7, 11) is 0. The maximum atomic E-state index is 5.86. The molecular formula is C13H20BrNOS. The predicted octanol–water partition coefficient (Wildman–Crippen LogP) is 3.90. The number of halogens is 1. The Morgan fingerprint density at radius 3 is 3.12 bits per heavy atom. The number of hydrogen-bond acceptors (Lipinski definition) is 3. The highest BCUT2D eigenvalue weighted by Gasteiger charge is 2.20. The number of ether oxygens (including phenoxy) is 1. The standard InChI is InChI=1S/C13H20BrNOS/c1-2-8-16-11-4-3-7-15(9-11)10-12-5-6-13(14)17-12/h5-6,11H,2-4,7-10H2,1H3. The minimum Gasteiger partial charge on any atom is -0.377 e. The van der Waals surface area contributed by atoms with Gasteiger partial charge in [-0.15, -0.1) is 11.3 Å². The number of piperidine rings is 1. The maximum Gasteiger partial charge on any atom is 0.0702 e. The van der Waals surface area contributed by atoms with Crippen LogP contribution >= 0.6 is 27.3 Å². The highest BCUT2D eigenvalue weighted by Crippen LogP contribution is 2.24. The molecule has 0 radical (unpaired) electrons. The first-order chi connectivity index (χ1) is 8.28. The molecule has 2 nitrogen and oxygen atoms in total. The van der Waals surface area contributed by atoms with Crippen LogP contribution in [0.4, 0.5) is 0 Å². The maximum absolute atomic E-state index is 5.86. The molecule has 0 amide bonds. The van der Waals surface area contributed by atoms with Crippen LogP contribution in [-0.2, 0) is 11.3 Å². The Morgan fingerprint density at radius 2 is 2.41 bits per heavy atom. The van der Waals surface area contributed by atoms with Gasteiger partial charge in [0.2, 0.25) is 0 Å². The van der Waals surface area contributed by atoms with Crippen molar-refractivity contribution in [1.29, 1.82) is 0 Å². The van der Waals surface area contributed by atoms with E-state index in [4.69, 9.17) is 4.74 Å². The van der Waals surface area contributed by atoms with Crippen molar-refractivity contribution < 1.29 is 4.74 Å². The van der Waals surface area contributed by atoms with Crippen LogP contribution < -0.4 is 0 Å². The van der Waals surface area contributed by atoms with Crippen LogP contribution in [-0.4, -0.2) is 30.7 Å². The van der Waals surface area contributed by atoms with Crippen LogP contribution in [0, 0.1) is 0 Å². The fourth-order valence-electron chi connectivity index (χ4n) is 2.23. The van der Waals surface area contributed by atoms with Crippen molar-refractivity contribution in [2.45, 2.75) is 38.8 Å². The van der Waals surface area contributed by atoms with Crippen molar-refractivity contribution in [2.24, 2.45) is 0 Å². The molecule has 2 rings (SSSR count). The Kier molecular flexibility index (Phi) is 5.48. The summed E-state index contributed by atoms with van der Waals surface area (Å²) in [5.41, 5.74) is 0. The van der Waals surface area contributed by atoms with Gasteiger partial charge in [-0.2, -0.15) is 0 Å². The first-order valence-electron chi connectivity index (χ1n) is 6.36. The molecule has 1 fully saturated rings. The van der Waals surface area contributed by atoms with Crippen molar-refractivity contribution >= 4 is 27.3 Å². The van der Waals surface area contributed by atoms with Crippen LogP contribution in [0.25, 0.3) is 0 Å². The molecular weight excluding hydrogens is 298 g/mol. The average Bonchev–Trinajstić information content (AvgIpc) is 2.73. The summed E-state index contributed by atoms with van der Waals surface area (Å²) < 4.78 is 7.08. The monoisotopic (exact) mass is 317 g/mol. The van der Waals surface area contributed by atoms with Crippen molar-refractivity contribution in [1.82, 2.24) is 4.90 Å². The second kappa shape index (κ2) is 6.88. The first-order valence-corrected chi connectivity index (χ1v) is 7.97. The third-order valence-electron chi connectivity index (χ3n) is 3.03. The minimum absolute atomic E-state index is 0.451. The second-order valence-corrected chi connectivity index (χ2v) is 7.12. The first kappa shape index (κ1) is 13.5. The van der Waals surface area contributed by atoms with Gasteiger partial charge in [-0.05, 0) is 53.9 Å². The molecule has 1 aliphatic heterocycles. The Labute approximate surface area is 116 Å². The van der Waals surface area contributed by atoms with E-state index in [1.165, 1.54) is 28.0 Å². The lowest BCUT2D eigenvalue weighted by Gasteiger charge is -2.32. The molecule has 0 aliphatic carbocycles. The van der Waals surface area contributed by atoms with Gasteiger partial charge in [0.1, 0.15) is 0 Å². The van der Waals surface area contributed by atoms with Gasteiger partial charge in [0, 0.05) is 24.6 Å². The summed E-state index contributed by atoms with van der Waals surface area (Å²) >= 11 is 5.35. The molecule has 0 spiro atoms. The lowest BCUT2D eigenvalue weighted by atomic mass is 10.1. The molecule has 1 aliphatic rings. The molecule has 1 aromatic rings. The summed E-state index contributed by atoms with van der Waals surface area (Å²) in [5.74, 6) is 0. The number of likely N-dealkylation sites (tertiary alicyclic amines) is 1. The van der Waals surface area contributed by atoms with Crippen LogP contribution in [0.5, 0.6) is 0 Å². The lowest BCUT2D eigenvalue weighted by molar-refractivity contribution is -0.00197. The van der Waals surface area contributed by atoms with Crippen LogP contribution in [0.2, 0.25) is 0 Å². The molecule has 0 N–H and O–H groups in total. The Hall–Kier alpha value is 0.1000. The molecule has 0 saturated carbocycles. The van der Waals surface area contributed by atoms with Gasteiger partial charge < -0.3 is 4.74 Å². The molecule has 1 atom stereocenters. The molecule has 1 aromatic heterocycles. The van der Waals surface area contributed by atoms with Gasteiger partial charge in [-0.1, -0.05) is 6.92 Å². The normalized spacial score (nSPS) is 21.9. The number of rotatable bonds is 5. The zero-order valence-corrected chi connectivity index (χ0v) is 12.7. The van der Waals surface area contributed by atoms with E-state index in [2.05, 4.69) is 39.9 Å². The average molecular weight is 318 g/mol. The van der Waals surface area contributed by atoms with Gasteiger partial charge in [-0.3, -0.25) is 4.90 Å². The molecule has 1 saturated heterocycles. The summed E-state index contributed by atoms with van der Waals surface area (Å²) in [6.07, 6.45) is 4.06. The fraction of sp³-hybridized carbons (Fsp3) is 0.692. The third-order valence-corrected chi connectivity index (χ3v) is 4.64. The molecule has 17 heavy (non-hydrogen) atoms. The number of nitrogens with zero attached hydrogens (tertiary/aromatic N) is 1. The van der Waals surface area contributed by atoms with Gasteiger partial charge >= 0.3 is 0 Å². The molecule has 2 heterocycles. The van der Waals surface area contributed by atoms with E-state index in [1.807, 2.05) is 11.3 Å². The van der Waals surface area contributed by atoms with E-state index in [1.54, 1.807) is 0 Å². The smallest absolute Gasteiger partial charge is 0.0702 e. The second-order valence-electron chi connectivity index (χ2n) is 4.58. The molecule has 0 aromatic carbocycles. The Morgan fingerprint density at radius 1 is 1.53 bits per heavy atom. The van der Waals surface area contributed by atoms with Crippen molar-refractivity contribution in [2.75, 3.05) is 19.7 Å².